The minimum atomic E-state index is -4.33. The molecular weight excluding hydrogens is 484 g/mol. The van der Waals surface area contributed by atoms with Crippen molar-refractivity contribution in [2.24, 2.45) is 0 Å². The summed E-state index contributed by atoms with van der Waals surface area (Å²) in [5, 5.41) is 3.80. The highest BCUT2D eigenvalue weighted by Crippen LogP contribution is 2.21. The highest BCUT2D eigenvalue weighted by molar-refractivity contribution is 7.85. The molecule has 182 valence electrons. The highest BCUT2D eigenvalue weighted by Gasteiger charge is 2.13. The van der Waals surface area contributed by atoms with Gasteiger partial charge in [-0.1, -0.05) is 59.6 Å². The second-order valence-corrected chi connectivity index (χ2v) is 9.82. The van der Waals surface area contributed by atoms with Crippen molar-refractivity contribution < 1.29 is 17.6 Å². The number of nitrogens with two attached hydrogens (primary N) is 1. The summed E-state index contributed by atoms with van der Waals surface area (Å²) < 4.78 is 34.1. The van der Waals surface area contributed by atoms with Crippen LogP contribution in [0.25, 0.3) is 0 Å². The lowest BCUT2D eigenvalue weighted by Gasteiger charge is -2.14. The van der Waals surface area contributed by atoms with Crippen molar-refractivity contribution in [3.63, 3.8) is 0 Å². The SMILES string of the molecule is Cc1cc(C)c(S(=O)(=O)[O-])c(C)c1.N[n+]1c(Cc2ccc(Cl)nc2)cccc1Nc1ccccc1. The van der Waals surface area contributed by atoms with Crippen LogP contribution in [0.15, 0.2) is 83.9 Å². The van der Waals surface area contributed by atoms with E-state index in [9.17, 15) is 13.0 Å². The number of para-hydroxylation sites is 1. The predicted octanol–water partition coefficient (Wildman–Crippen LogP) is 4.59. The molecule has 2 aromatic carbocycles. The zero-order valence-corrected chi connectivity index (χ0v) is 21.3. The molecule has 0 aliphatic rings. The van der Waals surface area contributed by atoms with Crippen LogP contribution in [0, 0.1) is 20.8 Å². The van der Waals surface area contributed by atoms with Crippen LogP contribution in [-0.4, -0.2) is 18.0 Å². The Bertz CT molecular complexity index is 1390. The Kier molecular flexibility index (Phi) is 8.45. The van der Waals surface area contributed by atoms with Gasteiger partial charge in [-0.05, 0) is 61.7 Å². The summed E-state index contributed by atoms with van der Waals surface area (Å²) in [6, 6.07) is 23.0. The molecule has 7 nitrogen and oxygen atoms in total. The zero-order valence-electron chi connectivity index (χ0n) is 19.7. The van der Waals surface area contributed by atoms with Gasteiger partial charge in [-0.15, -0.1) is 4.68 Å². The Morgan fingerprint density at radius 3 is 2.20 bits per heavy atom. The van der Waals surface area contributed by atoms with Gasteiger partial charge in [-0.25, -0.2) is 18.7 Å². The summed E-state index contributed by atoms with van der Waals surface area (Å²) in [6.07, 6.45) is 2.45. The second-order valence-electron chi connectivity index (χ2n) is 8.11. The average Bonchev–Trinajstić information content (AvgIpc) is 2.77. The van der Waals surface area contributed by atoms with E-state index in [-0.39, 0.29) is 4.90 Å². The normalized spacial score (nSPS) is 10.9. The number of rotatable bonds is 5. The maximum Gasteiger partial charge on any atom is 0.302 e. The molecular formula is C26H27ClN4O3S. The summed E-state index contributed by atoms with van der Waals surface area (Å²) in [4.78, 5) is 4.01. The first-order chi connectivity index (χ1) is 16.5. The maximum absolute atomic E-state index is 10.8. The van der Waals surface area contributed by atoms with Crippen LogP contribution in [0.4, 0.5) is 11.5 Å². The van der Waals surface area contributed by atoms with Crippen molar-refractivity contribution >= 4 is 33.2 Å². The van der Waals surface area contributed by atoms with E-state index in [0.717, 1.165) is 28.3 Å². The number of halogens is 1. The molecule has 4 aromatic rings. The first-order valence-electron chi connectivity index (χ1n) is 10.8. The number of anilines is 2. The minimum absolute atomic E-state index is 0.0851. The van der Waals surface area contributed by atoms with E-state index in [1.54, 1.807) is 42.9 Å². The molecule has 2 heterocycles. The molecule has 9 heteroatoms. The Hall–Kier alpha value is -3.46. The Labute approximate surface area is 211 Å². The fraction of sp³-hybridized carbons (Fsp3) is 0.154. The molecule has 0 spiro atoms. The van der Waals surface area contributed by atoms with Crippen LogP contribution in [-0.2, 0) is 16.5 Å². The van der Waals surface area contributed by atoms with Gasteiger partial charge in [0, 0.05) is 18.7 Å². The summed E-state index contributed by atoms with van der Waals surface area (Å²) >= 11 is 5.81. The van der Waals surface area contributed by atoms with Crippen molar-refractivity contribution in [1.29, 1.82) is 0 Å². The van der Waals surface area contributed by atoms with E-state index in [1.807, 2.05) is 61.5 Å². The van der Waals surface area contributed by atoms with Gasteiger partial charge in [0.1, 0.15) is 26.7 Å². The van der Waals surface area contributed by atoms with Crippen LogP contribution < -0.4 is 15.8 Å². The minimum Gasteiger partial charge on any atom is -0.744 e. The number of benzene rings is 2. The van der Waals surface area contributed by atoms with Gasteiger partial charge in [0.15, 0.2) is 0 Å². The van der Waals surface area contributed by atoms with E-state index >= 15 is 0 Å². The molecule has 0 aliphatic heterocycles. The molecule has 0 saturated heterocycles. The number of aryl methyl sites for hydroxylation is 3. The van der Waals surface area contributed by atoms with Crippen LogP contribution >= 0.6 is 11.6 Å². The molecule has 0 aliphatic carbocycles. The molecule has 0 bridgehead atoms. The fourth-order valence-corrected chi connectivity index (χ4v) is 4.78. The van der Waals surface area contributed by atoms with Crippen molar-refractivity contribution in [3.8, 4) is 0 Å². The summed E-state index contributed by atoms with van der Waals surface area (Å²) in [5.41, 5.74) is 5.03. The smallest absolute Gasteiger partial charge is 0.302 e. The van der Waals surface area contributed by atoms with Crippen LogP contribution in [0.2, 0.25) is 5.15 Å². The van der Waals surface area contributed by atoms with Gasteiger partial charge in [-0.3, -0.25) is 5.84 Å². The largest absolute Gasteiger partial charge is 0.744 e. The summed E-state index contributed by atoms with van der Waals surface area (Å²) in [5.74, 6) is 7.04. The lowest BCUT2D eigenvalue weighted by atomic mass is 10.1. The number of hydrogen-bond donors (Lipinski definition) is 2. The molecule has 4 rings (SSSR count). The standard InChI is InChI=1S/C17H15ClN4.C9H12O3S/c18-16-10-9-13(12-20-16)11-15-7-4-8-17(22(15)19)21-14-5-2-1-3-6-14;1-6-4-7(2)9(8(3)5-6)13(10,11)12/h1-10,12H,11,19H2;4-5H,1-3H3,(H,10,11,12). The van der Waals surface area contributed by atoms with Gasteiger partial charge >= 0.3 is 5.82 Å². The second kappa shape index (κ2) is 11.3. The summed E-state index contributed by atoms with van der Waals surface area (Å²) in [6.45, 7) is 5.12. The third-order valence-electron chi connectivity index (χ3n) is 5.19. The van der Waals surface area contributed by atoms with E-state index in [4.69, 9.17) is 17.4 Å². The molecule has 0 radical (unpaired) electrons. The van der Waals surface area contributed by atoms with Crippen molar-refractivity contribution in [3.05, 3.63) is 112 Å². The topological polar surface area (TPSA) is 112 Å². The Morgan fingerprint density at radius 1 is 0.971 bits per heavy atom. The first-order valence-corrected chi connectivity index (χ1v) is 12.6. The number of nitrogens with zero attached hydrogens (tertiary/aromatic N) is 2. The maximum atomic E-state index is 10.8. The molecule has 0 unspecified atom stereocenters. The zero-order chi connectivity index (χ0) is 25.6. The van der Waals surface area contributed by atoms with Gasteiger partial charge in [0.05, 0.1) is 4.90 Å². The lowest BCUT2D eigenvalue weighted by Crippen LogP contribution is -2.50. The first kappa shape index (κ1) is 26.2. The van der Waals surface area contributed by atoms with E-state index < -0.39 is 10.1 Å². The van der Waals surface area contributed by atoms with Gasteiger partial charge in [0.25, 0.3) is 0 Å². The molecule has 3 N–H and O–H groups in total. The predicted molar refractivity (Wildman–Crippen MR) is 137 cm³/mol. The Morgan fingerprint density at radius 2 is 1.63 bits per heavy atom. The average molecular weight is 511 g/mol. The number of nitrogen functional groups attached to an aromatic ring is 1. The van der Waals surface area contributed by atoms with E-state index in [2.05, 4.69) is 10.3 Å². The van der Waals surface area contributed by atoms with Gasteiger partial charge in [0.2, 0.25) is 0 Å². The van der Waals surface area contributed by atoms with Crippen LogP contribution in [0.5, 0.6) is 0 Å². The third-order valence-corrected chi connectivity index (χ3v) is 6.55. The van der Waals surface area contributed by atoms with Gasteiger partial charge < -0.3 is 4.55 Å². The number of nitrogens with one attached hydrogen (secondary N) is 1. The lowest BCUT2D eigenvalue weighted by molar-refractivity contribution is -0.631. The molecule has 35 heavy (non-hydrogen) atoms. The molecule has 0 fully saturated rings. The number of hydrogen-bond acceptors (Lipinski definition) is 6. The van der Waals surface area contributed by atoms with E-state index in [1.165, 1.54) is 0 Å². The van der Waals surface area contributed by atoms with Crippen LogP contribution in [0.1, 0.15) is 27.9 Å². The monoisotopic (exact) mass is 510 g/mol. The molecule has 0 amide bonds. The van der Waals surface area contributed by atoms with Gasteiger partial charge in [-0.2, -0.15) is 0 Å². The van der Waals surface area contributed by atoms with Crippen LogP contribution in [0.3, 0.4) is 0 Å². The quantitative estimate of drug-likeness (QED) is 0.176. The Balaban J connectivity index is 0.000000225. The fourth-order valence-electron chi connectivity index (χ4n) is 3.76. The third kappa shape index (κ3) is 7.26. The van der Waals surface area contributed by atoms with Crippen molar-refractivity contribution in [2.75, 3.05) is 11.2 Å². The molecule has 0 atom stereocenters. The number of pyridine rings is 2. The summed E-state index contributed by atoms with van der Waals surface area (Å²) in [7, 11) is -4.33. The highest BCUT2D eigenvalue weighted by atomic mass is 35.5. The van der Waals surface area contributed by atoms with Crippen molar-refractivity contribution in [2.45, 2.75) is 32.1 Å². The van der Waals surface area contributed by atoms with Crippen molar-refractivity contribution in [1.82, 2.24) is 4.98 Å². The molecule has 2 aromatic heterocycles. The molecule has 0 saturated carbocycles. The van der Waals surface area contributed by atoms with E-state index in [0.29, 0.717) is 22.7 Å². The number of aromatic nitrogens is 2.